The van der Waals surface area contributed by atoms with Crippen molar-refractivity contribution in [2.24, 2.45) is 0 Å². The van der Waals surface area contributed by atoms with Gasteiger partial charge < -0.3 is 20.6 Å². The lowest BCUT2D eigenvalue weighted by atomic mass is 9.67. The Hall–Kier alpha value is -4.70. The normalized spacial score (nSPS) is 18.8. The molecule has 2 unspecified atom stereocenters. The highest BCUT2D eigenvalue weighted by Gasteiger charge is 2.61. The number of fused-ring (bicyclic) bond motifs is 4. The number of benzene rings is 2. The van der Waals surface area contributed by atoms with E-state index in [9.17, 15) is 35.9 Å². The zero-order valence-electron chi connectivity index (χ0n) is 28.3. The number of halogens is 7. The van der Waals surface area contributed by atoms with Crippen LogP contribution in [-0.2, 0) is 10.8 Å². The van der Waals surface area contributed by atoms with Crippen LogP contribution in [0.4, 0.5) is 54.8 Å². The van der Waals surface area contributed by atoms with Crippen LogP contribution in [-0.4, -0.2) is 22.3 Å². The molecule has 0 fully saturated rings. The van der Waals surface area contributed by atoms with Gasteiger partial charge in [0.2, 0.25) is 0 Å². The third-order valence-corrected chi connectivity index (χ3v) is 9.82. The van der Waals surface area contributed by atoms with Crippen molar-refractivity contribution in [1.29, 1.82) is 0 Å². The highest BCUT2D eigenvalue weighted by atomic mass is 35.5. The van der Waals surface area contributed by atoms with Gasteiger partial charge in [-0.15, -0.1) is 0 Å². The minimum Gasteiger partial charge on any atom is -0.351 e. The predicted molar refractivity (Wildman–Crippen MR) is 187 cm³/mol. The maximum absolute atomic E-state index is 14.6. The number of anilines is 4. The van der Waals surface area contributed by atoms with E-state index >= 15 is 0 Å². The number of rotatable bonds is 6. The fourth-order valence-electron chi connectivity index (χ4n) is 7.22. The Morgan fingerprint density at radius 1 is 0.686 bits per heavy atom. The highest BCUT2D eigenvalue weighted by molar-refractivity contribution is 6.30. The predicted octanol–water partition coefficient (Wildman–Crippen LogP) is 10.8. The lowest BCUT2D eigenvalue weighted by molar-refractivity contribution is -0.181. The van der Waals surface area contributed by atoms with Crippen LogP contribution in [0.2, 0.25) is 5.02 Å². The van der Waals surface area contributed by atoms with E-state index in [0.717, 1.165) is 0 Å². The van der Waals surface area contributed by atoms with Crippen molar-refractivity contribution in [2.45, 2.75) is 89.4 Å². The van der Waals surface area contributed by atoms with Gasteiger partial charge in [-0.3, -0.25) is 9.59 Å². The molecule has 4 aromatic rings. The Morgan fingerprint density at radius 2 is 1.12 bits per heavy atom. The summed E-state index contributed by atoms with van der Waals surface area (Å²) in [5, 5.41) is 5.94. The number of nitrogens with zero attached hydrogens (tertiary/aromatic N) is 1. The number of nitrogens with one attached hydrogen (secondary N) is 4. The van der Waals surface area contributed by atoms with Crippen LogP contribution >= 0.6 is 11.6 Å². The van der Waals surface area contributed by atoms with Gasteiger partial charge in [0, 0.05) is 38.9 Å². The summed E-state index contributed by atoms with van der Waals surface area (Å²) in [7, 11) is 0. The molecule has 0 amide bonds. The number of aromatic nitrogens is 2. The monoisotopic (exact) mass is 731 g/mol. The maximum Gasteiger partial charge on any atom is 0.402 e. The first-order valence-electron chi connectivity index (χ1n) is 16.4. The molecule has 0 aliphatic carbocycles. The average Bonchev–Trinajstić information content (AvgIpc) is 3.05. The summed E-state index contributed by atoms with van der Waals surface area (Å²) >= 11 is 6.01. The van der Waals surface area contributed by atoms with Crippen LogP contribution in [0, 0.1) is 20.4 Å². The van der Waals surface area contributed by atoms with Crippen LogP contribution < -0.4 is 21.8 Å². The Bertz CT molecular complexity index is 2130. The fourth-order valence-corrected chi connectivity index (χ4v) is 7.39. The second kappa shape index (κ2) is 13.8. The zero-order chi connectivity index (χ0) is 37.5. The minimum absolute atomic E-state index is 0.00412. The third kappa shape index (κ3) is 6.39. The van der Waals surface area contributed by atoms with Crippen molar-refractivity contribution in [2.75, 3.05) is 10.6 Å². The maximum atomic E-state index is 14.6. The van der Waals surface area contributed by atoms with Crippen LogP contribution in [0.3, 0.4) is 0 Å². The summed E-state index contributed by atoms with van der Waals surface area (Å²) in [6.07, 6.45) is -7.60. The number of hydrogen-bond donors (Lipinski definition) is 4. The second-order valence-electron chi connectivity index (χ2n) is 12.9. The molecular weight excluding hydrogens is 696 g/mol. The summed E-state index contributed by atoms with van der Waals surface area (Å²) < 4.78 is 87.1. The van der Waals surface area contributed by atoms with Crippen LogP contribution in [0.1, 0.15) is 86.0 Å². The molecule has 2 aromatic heterocycles. The lowest BCUT2D eigenvalue weighted by Gasteiger charge is -2.42. The fraction of sp³-hybridized carbons (Fsp3) is 0.378. The Morgan fingerprint density at radius 3 is 1.53 bits per heavy atom. The van der Waals surface area contributed by atoms with E-state index in [-0.39, 0.29) is 68.6 Å². The molecule has 6 rings (SSSR count). The van der Waals surface area contributed by atoms with E-state index < -0.39 is 34.3 Å². The highest BCUT2D eigenvalue weighted by Crippen LogP contribution is 2.58. The van der Waals surface area contributed by atoms with E-state index in [2.05, 4.69) is 25.4 Å². The molecule has 2 aromatic carbocycles. The summed E-state index contributed by atoms with van der Waals surface area (Å²) in [6.45, 7) is 14.0. The molecule has 2 aliphatic heterocycles. The zero-order valence-corrected chi connectivity index (χ0v) is 29.0. The van der Waals surface area contributed by atoms with Crippen molar-refractivity contribution >= 4 is 40.0 Å². The molecule has 0 saturated carbocycles. The van der Waals surface area contributed by atoms with E-state index in [4.69, 9.17) is 18.2 Å². The summed E-state index contributed by atoms with van der Waals surface area (Å²) in [5.74, 6) is 0. The SMILES string of the molecule is CCCCC1(C(F)(F)F)c2cc(Cl)ccc2Nc2c1cc(C)[nH]c2=O.[C-]#[N+]c1ccc2c(c1)C(CCCC)(C(F)(F)F)c1cc(C)[nH]c(=O)c1N2. The van der Waals surface area contributed by atoms with Gasteiger partial charge in [0.15, 0.2) is 5.69 Å². The summed E-state index contributed by atoms with van der Waals surface area (Å²) in [4.78, 5) is 33.1. The van der Waals surface area contributed by atoms with Gasteiger partial charge in [-0.1, -0.05) is 63.3 Å². The van der Waals surface area contributed by atoms with Crippen molar-refractivity contribution in [3.05, 3.63) is 119 Å². The standard InChI is InChI=1S/C19H18F3N3O.C18H18ClF3N2O/c1-4-5-8-18(19(20,21)22)13-10-12(23-3)6-7-15(13)25-16-14(18)9-11(2)24-17(16)26;1-3-4-7-17(18(20,21)22)12-9-11(19)5-6-14(12)24-15-13(17)8-10(2)23-16(15)25/h6-7,9-10,25H,4-5,8H2,1-2H3,(H,24,26);5-6,8-9,24H,3-4,7H2,1-2H3,(H,23,25). The summed E-state index contributed by atoms with van der Waals surface area (Å²) in [6, 6.07) is 11.3. The van der Waals surface area contributed by atoms with Crippen molar-refractivity contribution in [3.63, 3.8) is 0 Å². The molecular formula is C37H36ClF6N5O2. The van der Waals surface area contributed by atoms with Gasteiger partial charge in [-0.05, 0) is 74.2 Å². The quantitative estimate of drug-likeness (QED) is 0.117. The Kier molecular flexibility index (Phi) is 10.2. The number of H-pyrrole nitrogens is 2. The van der Waals surface area contributed by atoms with Gasteiger partial charge in [0.1, 0.15) is 22.2 Å². The number of hydrogen-bond acceptors (Lipinski definition) is 4. The van der Waals surface area contributed by atoms with Crippen molar-refractivity contribution < 1.29 is 26.3 Å². The molecule has 2 aliphatic rings. The molecule has 14 heteroatoms. The molecule has 4 heterocycles. The molecule has 2 atom stereocenters. The number of unbranched alkanes of at least 4 members (excludes halogenated alkanes) is 2. The molecule has 51 heavy (non-hydrogen) atoms. The molecule has 270 valence electrons. The first kappa shape index (κ1) is 37.6. The number of aromatic amines is 2. The molecule has 0 bridgehead atoms. The van der Waals surface area contributed by atoms with Gasteiger partial charge in [-0.25, -0.2) is 4.85 Å². The largest absolute Gasteiger partial charge is 0.402 e. The topological polar surface area (TPSA) is 94.1 Å². The summed E-state index contributed by atoms with van der Waals surface area (Å²) in [5.41, 5.74) is -4.50. The van der Waals surface area contributed by atoms with Crippen LogP contribution in [0.15, 0.2) is 58.1 Å². The first-order valence-corrected chi connectivity index (χ1v) is 16.8. The van der Waals surface area contributed by atoms with Crippen molar-refractivity contribution in [3.8, 4) is 0 Å². The second-order valence-corrected chi connectivity index (χ2v) is 13.4. The molecule has 0 spiro atoms. The molecule has 4 N–H and O–H groups in total. The molecule has 0 radical (unpaired) electrons. The Balaban J connectivity index is 0.000000198. The number of alkyl halides is 6. The van der Waals surface area contributed by atoms with Crippen LogP contribution in [0.5, 0.6) is 0 Å². The number of aryl methyl sites for hydroxylation is 2. The minimum atomic E-state index is -4.62. The molecule has 7 nitrogen and oxygen atoms in total. The van der Waals surface area contributed by atoms with Gasteiger partial charge in [0.25, 0.3) is 11.1 Å². The lowest BCUT2D eigenvalue weighted by Crippen LogP contribution is -2.47. The van der Waals surface area contributed by atoms with Crippen molar-refractivity contribution in [1.82, 2.24) is 9.97 Å². The molecule has 0 saturated heterocycles. The van der Waals surface area contributed by atoms with E-state index in [1.54, 1.807) is 13.8 Å². The first-order chi connectivity index (χ1) is 23.9. The van der Waals surface area contributed by atoms with E-state index in [1.165, 1.54) is 48.5 Å². The smallest absolute Gasteiger partial charge is 0.351 e. The van der Waals surface area contributed by atoms with Crippen LogP contribution in [0.25, 0.3) is 4.85 Å². The van der Waals surface area contributed by atoms with Gasteiger partial charge in [0.05, 0.1) is 6.57 Å². The van der Waals surface area contributed by atoms with Gasteiger partial charge >= 0.3 is 12.4 Å². The Labute approximate surface area is 295 Å². The van der Waals surface area contributed by atoms with Gasteiger partial charge in [-0.2, -0.15) is 26.3 Å². The average molecular weight is 732 g/mol. The van der Waals surface area contributed by atoms with E-state index in [1.807, 2.05) is 13.8 Å². The van der Waals surface area contributed by atoms with E-state index in [0.29, 0.717) is 37.1 Å². The third-order valence-electron chi connectivity index (χ3n) is 9.59. The number of pyridine rings is 2.